The average Bonchev–Trinajstić information content (AvgIpc) is 2.20. The van der Waals surface area contributed by atoms with E-state index in [0.29, 0.717) is 19.5 Å². The summed E-state index contributed by atoms with van der Waals surface area (Å²) in [6.07, 6.45) is -0.211. The Morgan fingerprint density at radius 2 is 1.73 bits per heavy atom. The summed E-state index contributed by atoms with van der Waals surface area (Å²) in [5, 5.41) is 8.92. The molecule has 0 bridgehead atoms. The average molecular weight is 218 g/mol. The molecule has 0 fully saturated rings. The lowest BCUT2D eigenvalue weighted by Gasteiger charge is -2.17. The van der Waals surface area contributed by atoms with Crippen LogP contribution in [0.3, 0.4) is 0 Å². The first-order valence-electron chi connectivity index (χ1n) is 4.95. The molecule has 5 heteroatoms. The molecule has 0 unspecified atom stereocenters. The molecule has 0 aromatic rings. The molecule has 15 heavy (non-hydrogen) atoms. The predicted octanol–water partition coefficient (Wildman–Crippen LogP) is 1.39. The van der Waals surface area contributed by atoms with Crippen LogP contribution in [0.1, 0.15) is 20.8 Å². The van der Waals surface area contributed by atoms with Crippen molar-refractivity contribution in [3.05, 3.63) is 11.8 Å². The van der Waals surface area contributed by atoms with E-state index in [0.717, 1.165) is 0 Å². The Labute approximate surface area is 89.6 Å². The predicted molar refractivity (Wildman–Crippen MR) is 54.4 cm³/mol. The first kappa shape index (κ1) is 13.9. The Kier molecular flexibility index (Phi) is 7.67. The zero-order valence-electron chi connectivity index (χ0n) is 9.36. The lowest BCUT2D eigenvalue weighted by molar-refractivity contribution is -0.150. The van der Waals surface area contributed by atoms with Crippen molar-refractivity contribution >= 4 is 5.97 Å². The molecule has 0 aliphatic heterocycles. The van der Waals surface area contributed by atoms with Gasteiger partial charge < -0.3 is 19.3 Å². The van der Waals surface area contributed by atoms with Crippen LogP contribution in [-0.4, -0.2) is 37.2 Å². The summed E-state index contributed by atoms with van der Waals surface area (Å²) in [4.78, 5) is 11.4. The second kappa shape index (κ2) is 8.26. The van der Waals surface area contributed by atoms with Crippen LogP contribution in [0.4, 0.5) is 0 Å². The van der Waals surface area contributed by atoms with Gasteiger partial charge in [-0.15, -0.1) is 0 Å². The third-order valence-electron chi connectivity index (χ3n) is 1.54. The number of hydrogen-bond acceptors (Lipinski definition) is 5. The van der Waals surface area contributed by atoms with Gasteiger partial charge in [0.1, 0.15) is 5.57 Å². The number of carbonyl (C=O) groups is 1. The minimum Gasteiger partial charge on any atom is -0.515 e. The highest BCUT2D eigenvalue weighted by molar-refractivity contribution is 5.88. The monoisotopic (exact) mass is 218 g/mol. The second-order valence-corrected chi connectivity index (χ2v) is 2.55. The van der Waals surface area contributed by atoms with Crippen molar-refractivity contribution in [1.82, 2.24) is 0 Å². The molecular formula is C10H18O5. The summed E-state index contributed by atoms with van der Waals surface area (Å²) in [6, 6.07) is 0. The molecule has 0 rings (SSSR count). The summed E-state index contributed by atoms with van der Waals surface area (Å²) >= 11 is 0. The molecule has 0 amide bonds. The van der Waals surface area contributed by atoms with Gasteiger partial charge in [-0.2, -0.15) is 0 Å². The molecule has 0 saturated carbocycles. The fourth-order valence-corrected chi connectivity index (χ4v) is 0.955. The standard InChI is InChI=1S/C10H18O5/c1-4-13-9(12)8(7-11)10(14-5-2)15-6-3/h7,10-11H,4-6H2,1-3H3/b8-7-. The van der Waals surface area contributed by atoms with Gasteiger partial charge >= 0.3 is 5.97 Å². The third-order valence-corrected chi connectivity index (χ3v) is 1.54. The van der Waals surface area contributed by atoms with Crippen molar-refractivity contribution in [1.29, 1.82) is 0 Å². The molecule has 0 saturated heterocycles. The van der Waals surface area contributed by atoms with Crippen molar-refractivity contribution in [2.75, 3.05) is 19.8 Å². The van der Waals surface area contributed by atoms with E-state index in [2.05, 4.69) is 0 Å². The number of ether oxygens (including phenoxy) is 3. The van der Waals surface area contributed by atoms with Crippen molar-refractivity contribution < 1.29 is 24.1 Å². The van der Waals surface area contributed by atoms with Gasteiger partial charge in [-0.25, -0.2) is 4.79 Å². The maximum atomic E-state index is 11.4. The van der Waals surface area contributed by atoms with Crippen LogP contribution < -0.4 is 0 Å². The Hall–Kier alpha value is -1.07. The Bertz CT molecular complexity index is 206. The van der Waals surface area contributed by atoms with Gasteiger partial charge in [-0.1, -0.05) is 0 Å². The largest absolute Gasteiger partial charge is 0.515 e. The van der Waals surface area contributed by atoms with Gasteiger partial charge in [-0.05, 0) is 20.8 Å². The van der Waals surface area contributed by atoms with E-state index in [1.165, 1.54) is 0 Å². The van der Waals surface area contributed by atoms with Crippen LogP contribution in [0.25, 0.3) is 0 Å². The highest BCUT2D eigenvalue weighted by atomic mass is 16.7. The maximum Gasteiger partial charge on any atom is 0.342 e. The highest BCUT2D eigenvalue weighted by Gasteiger charge is 2.23. The van der Waals surface area contributed by atoms with Crippen LogP contribution in [0.15, 0.2) is 11.8 Å². The van der Waals surface area contributed by atoms with E-state index >= 15 is 0 Å². The summed E-state index contributed by atoms with van der Waals surface area (Å²) in [6.45, 7) is 6.21. The Morgan fingerprint density at radius 1 is 1.20 bits per heavy atom. The van der Waals surface area contributed by atoms with Crippen molar-refractivity contribution in [3.8, 4) is 0 Å². The number of aliphatic hydroxyl groups excluding tert-OH is 1. The van der Waals surface area contributed by atoms with E-state index in [9.17, 15) is 4.79 Å². The van der Waals surface area contributed by atoms with Gasteiger partial charge in [0.05, 0.1) is 12.9 Å². The summed E-state index contributed by atoms with van der Waals surface area (Å²) in [7, 11) is 0. The quantitative estimate of drug-likeness (QED) is 0.303. The molecule has 0 aliphatic rings. The third kappa shape index (κ3) is 4.80. The summed E-state index contributed by atoms with van der Waals surface area (Å²) in [5.74, 6) is -0.632. The fourth-order valence-electron chi connectivity index (χ4n) is 0.955. The van der Waals surface area contributed by atoms with E-state index in [4.69, 9.17) is 19.3 Å². The van der Waals surface area contributed by atoms with Gasteiger partial charge in [0.25, 0.3) is 0 Å². The Morgan fingerprint density at radius 3 is 2.07 bits per heavy atom. The minimum absolute atomic E-state index is 0.0273. The molecule has 5 nitrogen and oxygen atoms in total. The second-order valence-electron chi connectivity index (χ2n) is 2.55. The molecule has 0 atom stereocenters. The van der Waals surface area contributed by atoms with Crippen molar-refractivity contribution in [2.45, 2.75) is 27.1 Å². The van der Waals surface area contributed by atoms with Gasteiger partial charge in [-0.3, -0.25) is 0 Å². The van der Waals surface area contributed by atoms with Crippen LogP contribution in [0.2, 0.25) is 0 Å². The summed E-state index contributed by atoms with van der Waals surface area (Å²) in [5.41, 5.74) is -0.0273. The molecule has 0 aromatic carbocycles. The zero-order chi connectivity index (χ0) is 11.7. The molecule has 0 spiro atoms. The van der Waals surface area contributed by atoms with E-state index in [-0.39, 0.29) is 12.2 Å². The van der Waals surface area contributed by atoms with Crippen LogP contribution in [0.5, 0.6) is 0 Å². The number of aliphatic hydroxyl groups is 1. The van der Waals surface area contributed by atoms with Crippen LogP contribution in [0, 0.1) is 0 Å². The Balaban J connectivity index is 4.51. The highest BCUT2D eigenvalue weighted by Crippen LogP contribution is 2.10. The lowest BCUT2D eigenvalue weighted by atomic mass is 10.3. The first-order chi connectivity index (χ1) is 7.21. The number of esters is 1. The molecule has 1 N–H and O–H groups in total. The molecular weight excluding hydrogens is 200 g/mol. The topological polar surface area (TPSA) is 65.0 Å². The molecule has 88 valence electrons. The van der Waals surface area contributed by atoms with Gasteiger partial charge in [0.15, 0.2) is 6.29 Å². The SMILES string of the molecule is CCOC(=O)/C(=C/O)C(OCC)OCC. The number of rotatable bonds is 7. The molecule has 0 aliphatic carbocycles. The van der Waals surface area contributed by atoms with E-state index in [1.54, 1.807) is 20.8 Å². The summed E-state index contributed by atoms with van der Waals surface area (Å²) < 4.78 is 15.0. The van der Waals surface area contributed by atoms with E-state index < -0.39 is 12.3 Å². The molecule has 0 aromatic heterocycles. The number of carbonyl (C=O) groups excluding carboxylic acids is 1. The zero-order valence-corrected chi connectivity index (χ0v) is 9.36. The van der Waals surface area contributed by atoms with E-state index in [1.807, 2.05) is 0 Å². The fraction of sp³-hybridized carbons (Fsp3) is 0.700. The van der Waals surface area contributed by atoms with Gasteiger partial charge in [0, 0.05) is 13.2 Å². The minimum atomic E-state index is -0.871. The molecule has 0 heterocycles. The maximum absolute atomic E-state index is 11.4. The van der Waals surface area contributed by atoms with Crippen LogP contribution >= 0.6 is 0 Å². The van der Waals surface area contributed by atoms with Gasteiger partial charge in [0.2, 0.25) is 0 Å². The smallest absolute Gasteiger partial charge is 0.342 e. The van der Waals surface area contributed by atoms with Crippen LogP contribution in [-0.2, 0) is 19.0 Å². The molecule has 0 radical (unpaired) electrons. The van der Waals surface area contributed by atoms with Crippen molar-refractivity contribution in [2.24, 2.45) is 0 Å². The first-order valence-corrected chi connectivity index (χ1v) is 4.95. The van der Waals surface area contributed by atoms with Crippen molar-refractivity contribution in [3.63, 3.8) is 0 Å². The normalized spacial score (nSPS) is 11.9. The lowest BCUT2D eigenvalue weighted by Crippen LogP contribution is -2.26. The number of hydrogen-bond donors (Lipinski definition) is 1.